The van der Waals surface area contributed by atoms with Gasteiger partial charge in [0.2, 0.25) is 5.91 Å². The molecule has 5 rings (SSSR count). The van der Waals surface area contributed by atoms with Crippen LogP contribution in [0.4, 0.5) is 8.78 Å². The van der Waals surface area contributed by atoms with Crippen LogP contribution in [0.25, 0.3) is 10.8 Å². The van der Waals surface area contributed by atoms with E-state index in [-0.39, 0.29) is 11.6 Å². The summed E-state index contributed by atoms with van der Waals surface area (Å²) >= 11 is 0. The highest BCUT2D eigenvalue weighted by Gasteiger charge is 2.73. The van der Waals surface area contributed by atoms with Crippen LogP contribution >= 0.6 is 0 Å². The van der Waals surface area contributed by atoms with E-state index in [0.717, 1.165) is 10.8 Å². The number of likely N-dealkylation sites (tertiary alicyclic amines) is 1. The second kappa shape index (κ2) is 8.71. The molecule has 1 N–H and O–H groups in total. The Morgan fingerprint density at radius 1 is 1.14 bits per heavy atom. The molecule has 3 fully saturated rings. The molecule has 0 saturated carbocycles. The molecule has 2 aromatic rings. The van der Waals surface area contributed by atoms with Gasteiger partial charge in [0.25, 0.3) is 0 Å². The first kappa shape index (κ1) is 25.5. The zero-order valence-electron chi connectivity index (χ0n) is 19.6. The van der Waals surface area contributed by atoms with E-state index in [1.165, 1.54) is 4.90 Å². The van der Waals surface area contributed by atoms with Gasteiger partial charge in [-0.25, -0.2) is 4.79 Å². The number of amides is 1. The van der Waals surface area contributed by atoms with Crippen LogP contribution < -0.4 is 0 Å². The molecule has 37 heavy (non-hydrogen) atoms. The second-order valence-electron chi connectivity index (χ2n) is 9.60. The lowest BCUT2D eigenvalue weighted by Crippen LogP contribution is -2.51. The lowest BCUT2D eigenvalue weighted by atomic mass is 9.78. The van der Waals surface area contributed by atoms with E-state index in [1.807, 2.05) is 24.3 Å². The van der Waals surface area contributed by atoms with E-state index in [1.54, 1.807) is 32.0 Å². The van der Waals surface area contributed by atoms with E-state index in [0.29, 0.717) is 0 Å². The molecule has 13 heteroatoms. The zero-order chi connectivity index (χ0) is 26.9. The Hall–Kier alpha value is -3.16. The molecule has 6 unspecified atom stereocenters. The van der Waals surface area contributed by atoms with E-state index >= 15 is 0 Å². The lowest BCUT2D eigenvalue weighted by molar-refractivity contribution is -0.160. The van der Waals surface area contributed by atoms with Gasteiger partial charge in [0.15, 0.2) is 12.7 Å². The molecule has 0 radical (unpaired) electrons. The number of benzene rings is 2. The highest BCUT2D eigenvalue weighted by molar-refractivity contribution is 7.86. The van der Waals surface area contributed by atoms with Gasteiger partial charge in [-0.1, -0.05) is 30.3 Å². The van der Waals surface area contributed by atoms with E-state index in [9.17, 15) is 31.6 Å². The summed E-state index contributed by atoms with van der Waals surface area (Å²) in [6.45, 7) is 1.52. The van der Waals surface area contributed by atoms with Gasteiger partial charge in [-0.3, -0.25) is 14.1 Å². The van der Waals surface area contributed by atoms with Crippen LogP contribution in [0, 0.1) is 11.8 Å². The minimum absolute atomic E-state index is 0.227. The van der Waals surface area contributed by atoms with Crippen LogP contribution in [0.15, 0.2) is 42.5 Å². The van der Waals surface area contributed by atoms with Crippen LogP contribution in [0.1, 0.15) is 24.2 Å². The Morgan fingerprint density at radius 2 is 1.81 bits per heavy atom. The normalized spacial score (nSPS) is 28.8. The molecule has 198 valence electrons. The minimum atomic E-state index is -5.83. The number of carbonyl (C=O) groups is 3. The van der Waals surface area contributed by atoms with Gasteiger partial charge in [-0.05, 0) is 36.8 Å². The zero-order valence-corrected chi connectivity index (χ0v) is 20.4. The van der Waals surface area contributed by atoms with Crippen molar-refractivity contribution in [3.63, 3.8) is 0 Å². The van der Waals surface area contributed by atoms with Gasteiger partial charge in [-0.2, -0.15) is 17.2 Å². The van der Waals surface area contributed by atoms with Gasteiger partial charge < -0.3 is 19.1 Å². The molecule has 1 amide bonds. The number of fused-ring (bicyclic) bond motifs is 2. The molecule has 0 aliphatic carbocycles. The Bertz CT molecular complexity index is 1400. The molecule has 3 heterocycles. The summed E-state index contributed by atoms with van der Waals surface area (Å²) in [6, 6.07) is 11.3. The van der Waals surface area contributed by atoms with Gasteiger partial charge in [-0.15, -0.1) is 0 Å². The average Bonchev–Trinajstić information content (AvgIpc) is 3.44. The third-order valence-electron chi connectivity index (χ3n) is 7.08. The van der Waals surface area contributed by atoms with E-state index < -0.39 is 76.0 Å². The number of hydrogen-bond donors (Lipinski definition) is 1. The highest BCUT2D eigenvalue weighted by atomic mass is 32.2. The number of halogens is 2. The van der Waals surface area contributed by atoms with Gasteiger partial charge >= 0.3 is 27.3 Å². The van der Waals surface area contributed by atoms with Crippen molar-refractivity contribution in [1.82, 2.24) is 4.90 Å². The summed E-state index contributed by atoms with van der Waals surface area (Å²) in [7, 11) is -5.83. The first-order valence-electron chi connectivity index (χ1n) is 11.5. The number of nitrogens with zero attached hydrogens (tertiary/aromatic N) is 1. The fraction of sp³-hybridized carbons (Fsp3) is 0.458. The molecule has 0 aromatic heterocycles. The summed E-state index contributed by atoms with van der Waals surface area (Å²) < 4.78 is 73.9. The number of ether oxygens (including phenoxy) is 3. The molecule has 6 atom stereocenters. The maximum atomic E-state index is 13.7. The Kier molecular flexibility index (Phi) is 6.00. The van der Waals surface area contributed by atoms with Crippen LogP contribution in [0.2, 0.25) is 0 Å². The summed E-state index contributed by atoms with van der Waals surface area (Å²) in [6.07, 6.45) is -3.13. The number of esters is 2. The summed E-state index contributed by atoms with van der Waals surface area (Å²) in [4.78, 5) is 40.6. The van der Waals surface area contributed by atoms with Crippen molar-refractivity contribution in [2.75, 3.05) is 6.61 Å². The van der Waals surface area contributed by atoms with Crippen molar-refractivity contribution >= 4 is 38.7 Å². The van der Waals surface area contributed by atoms with Crippen LogP contribution in [-0.2, 0) is 33.9 Å². The van der Waals surface area contributed by atoms with Crippen LogP contribution in [0.5, 0.6) is 0 Å². The lowest BCUT2D eigenvalue weighted by Gasteiger charge is -2.33. The van der Waals surface area contributed by atoms with Crippen molar-refractivity contribution in [2.45, 2.75) is 49.5 Å². The predicted molar refractivity (Wildman–Crippen MR) is 122 cm³/mol. The van der Waals surface area contributed by atoms with Crippen molar-refractivity contribution < 1.29 is 50.3 Å². The van der Waals surface area contributed by atoms with Gasteiger partial charge in [0.05, 0.1) is 23.6 Å². The number of hydrogen-bond acceptors (Lipinski definition) is 8. The topological polar surface area (TPSA) is 137 Å². The van der Waals surface area contributed by atoms with Crippen molar-refractivity contribution in [2.24, 2.45) is 11.8 Å². The average molecular weight is 540 g/mol. The van der Waals surface area contributed by atoms with E-state index in [4.69, 9.17) is 14.0 Å². The van der Waals surface area contributed by atoms with Crippen molar-refractivity contribution in [3.05, 3.63) is 48.0 Å². The fourth-order valence-corrected chi connectivity index (χ4v) is 5.70. The van der Waals surface area contributed by atoms with Crippen LogP contribution in [0.3, 0.4) is 0 Å². The molecule has 3 saturated heterocycles. The second-order valence-corrected chi connectivity index (χ2v) is 11.1. The highest BCUT2D eigenvalue weighted by Crippen LogP contribution is 2.53. The molecule has 10 nitrogen and oxygen atoms in total. The molecule has 2 bridgehead atoms. The smallest absolute Gasteiger partial charge is 0.402 e. The molecular weight excluding hydrogens is 516 g/mol. The summed E-state index contributed by atoms with van der Waals surface area (Å²) in [5.74, 6) is -5.01. The number of carbonyl (C=O) groups excluding carboxylic acids is 3. The minimum Gasteiger partial charge on any atom is -0.458 e. The maximum Gasteiger partial charge on any atom is 0.402 e. The summed E-state index contributed by atoms with van der Waals surface area (Å²) in [5, 5.41) is -3.04. The maximum absolute atomic E-state index is 13.7. The molecule has 3 aliphatic heterocycles. The van der Waals surface area contributed by atoms with Gasteiger partial charge in [0, 0.05) is 6.04 Å². The Labute approximate surface area is 210 Å². The number of rotatable bonds is 7. The quantitative estimate of drug-likeness (QED) is 0.414. The Balaban J connectivity index is 1.42. The largest absolute Gasteiger partial charge is 0.458 e. The van der Waals surface area contributed by atoms with Gasteiger partial charge in [0.1, 0.15) is 12.0 Å². The molecule has 0 spiro atoms. The third-order valence-corrected chi connectivity index (χ3v) is 7.96. The van der Waals surface area contributed by atoms with Crippen LogP contribution in [-0.4, -0.2) is 78.0 Å². The van der Waals surface area contributed by atoms with Crippen molar-refractivity contribution in [3.8, 4) is 0 Å². The molecular formula is C24H23F2NO9S. The molecule has 2 aromatic carbocycles. The predicted octanol–water partition coefficient (Wildman–Crippen LogP) is 2.02. The Morgan fingerprint density at radius 3 is 2.46 bits per heavy atom. The first-order valence-corrected chi connectivity index (χ1v) is 12.9. The molecule has 3 aliphatic rings. The standard InChI is InChI=1S/C24H23F2NO9S/c1-11(2)27-17-18-15(21(27)28)16(23(30)34-10-24(25,26)37(31,32)33)19(35-18)20(17)36-22(29)14-8-7-12-5-3-4-6-13(12)9-14/h3-9,11,15-20H,10H2,1-2H3,(H,31,32,33). The summed E-state index contributed by atoms with van der Waals surface area (Å²) in [5.41, 5.74) is 0.227. The number of alkyl halides is 2. The monoisotopic (exact) mass is 539 g/mol. The first-order chi connectivity index (χ1) is 17.3. The fourth-order valence-electron chi connectivity index (χ4n) is 5.50. The third kappa shape index (κ3) is 4.05. The SMILES string of the molecule is CC(C)N1C(=O)C2C3OC(C(OC(=O)c4ccc5ccccc5c4)C31)C2C(=O)OCC(F)(F)S(=O)(=O)O. The van der Waals surface area contributed by atoms with Crippen molar-refractivity contribution in [1.29, 1.82) is 0 Å². The van der Waals surface area contributed by atoms with E-state index in [2.05, 4.69) is 4.74 Å².